The van der Waals surface area contributed by atoms with E-state index in [1.807, 2.05) is 60.7 Å². The normalized spacial score (nSPS) is 11.7. The maximum Gasteiger partial charge on any atom is 0.328 e. The van der Waals surface area contributed by atoms with Gasteiger partial charge >= 0.3 is 17.9 Å². The number of ether oxygens (including phenoxy) is 2. The minimum atomic E-state index is -1.63. The molecule has 0 aromatic heterocycles. The molecule has 298 valence electrons. The molecule has 54 heavy (non-hydrogen) atoms. The van der Waals surface area contributed by atoms with E-state index in [4.69, 9.17) is 14.6 Å². The van der Waals surface area contributed by atoms with Crippen LogP contribution in [0, 0.1) is 0 Å². The second kappa shape index (κ2) is 26.5. The van der Waals surface area contributed by atoms with Crippen LogP contribution in [-0.4, -0.2) is 83.7 Å². The summed E-state index contributed by atoms with van der Waals surface area (Å²) < 4.78 is 36.6. The first-order valence-electron chi connectivity index (χ1n) is 17.8. The lowest BCUT2D eigenvalue weighted by atomic mass is 10.0. The lowest BCUT2D eigenvalue weighted by molar-refractivity contribution is -0.148. The van der Waals surface area contributed by atoms with Crippen molar-refractivity contribution in [2.24, 2.45) is 4.99 Å². The number of carbonyl (C=O) groups excluding carboxylic acids is 4. The van der Waals surface area contributed by atoms with E-state index in [0.717, 1.165) is 16.8 Å². The molecule has 0 heterocycles. The number of nitrogens with zero attached hydrogens (tertiary/aromatic N) is 1. The number of esters is 2. The van der Waals surface area contributed by atoms with Gasteiger partial charge in [-0.05, 0) is 54.4 Å². The predicted octanol–water partition coefficient (Wildman–Crippen LogP) is 6.89. The maximum absolute atomic E-state index is 13.6. The van der Waals surface area contributed by atoms with Gasteiger partial charge in [0.1, 0.15) is 30.0 Å². The number of halogens is 2. The van der Waals surface area contributed by atoms with Gasteiger partial charge in [-0.2, -0.15) is 0 Å². The summed E-state index contributed by atoms with van der Waals surface area (Å²) in [5.74, 6) is -2.85. The van der Waals surface area contributed by atoms with Crippen molar-refractivity contribution in [2.45, 2.75) is 103 Å². The number of hydrogen-bond acceptors (Lipinski definition) is 8. The molecule has 0 fully saturated rings. The lowest BCUT2D eigenvalue weighted by Gasteiger charge is -2.22. The minimum Gasteiger partial charge on any atom is -0.480 e. The van der Waals surface area contributed by atoms with E-state index < -0.39 is 41.3 Å². The molecule has 0 aliphatic carbocycles. The number of benzene rings is 2. The van der Waals surface area contributed by atoms with Gasteiger partial charge in [-0.25, -0.2) is 18.4 Å². The monoisotopic (exact) mass is 757 g/mol. The van der Waals surface area contributed by atoms with Gasteiger partial charge in [0.2, 0.25) is 11.8 Å². The topological polar surface area (TPSA) is 160 Å². The highest BCUT2D eigenvalue weighted by atomic mass is 19.1. The molecule has 0 radical (unpaired) electrons. The van der Waals surface area contributed by atoms with Gasteiger partial charge < -0.3 is 25.2 Å². The number of aliphatic carboxylic acids is 1. The fraction of sp³-hybridized carbons (Fsp3) is 0.463. The number of alkyl halides is 2. The van der Waals surface area contributed by atoms with Crippen molar-refractivity contribution in [2.75, 3.05) is 19.8 Å². The highest BCUT2D eigenvalue weighted by Crippen LogP contribution is 2.18. The molecule has 2 unspecified atom stereocenters. The highest BCUT2D eigenvalue weighted by molar-refractivity contribution is 6.13. The van der Waals surface area contributed by atoms with Crippen LogP contribution in [-0.2, 0) is 33.4 Å². The molecule has 0 saturated heterocycles. The first-order valence-corrected chi connectivity index (χ1v) is 17.8. The molecule has 3 N–H and O–H groups in total. The molecule has 2 aromatic carbocycles. The quantitative estimate of drug-likeness (QED) is 0.0749. The standard InChI is InChI=1S/C17H17NO2.C13H22FNO3.C11H18FNO3/c1-2-20-16(19)13-18-17(14-9-5-3-6-10-14)15-11-7-4-8-12-15;1-5-7-8-11(16)15-10(9-13(3,4)14)12(17)18-6-2;1-4-5-6-9(14)13-8(10(15)16)7-11(2,3)12/h3-12H,2,13H2,1H3;5,10H,1,6-9H2,2-4H3,(H,15,16);4,8H,1,5-7H2,2-3H3,(H,13,14)(H,15,16). The van der Waals surface area contributed by atoms with Crippen molar-refractivity contribution < 1.29 is 47.3 Å². The minimum absolute atomic E-state index is 0.0347. The summed E-state index contributed by atoms with van der Waals surface area (Å²) in [4.78, 5) is 61.1. The Balaban J connectivity index is 0.000000787. The summed E-state index contributed by atoms with van der Waals surface area (Å²) in [7, 11) is 0. The van der Waals surface area contributed by atoms with Crippen LogP contribution in [0.2, 0.25) is 0 Å². The number of carbonyl (C=O) groups is 5. The highest BCUT2D eigenvalue weighted by Gasteiger charge is 2.30. The van der Waals surface area contributed by atoms with Crippen LogP contribution in [0.3, 0.4) is 0 Å². The summed E-state index contributed by atoms with van der Waals surface area (Å²) in [6.45, 7) is 16.3. The Kier molecular flexibility index (Phi) is 24.0. The van der Waals surface area contributed by atoms with Gasteiger partial charge in [0.15, 0.2) is 0 Å². The van der Waals surface area contributed by atoms with E-state index >= 15 is 0 Å². The number of nitrogens with one attached hydrogen (secondary N) is 2. The third-order valence-corrected chi connectivity index (χ3v) is 6.84. The van der Waals surface area contributed by atoms with Crippen LogP contribution < -0.4 is 10.6 Å². The summed E-state index contributed by atoms with van der Waals surface area (Å²) in [5.41, 5.74) is -0.400. The van der Waals surface area contributed by atoms with Crippen LogP contribution in [0.5, 0.6) is 0 Å². The third-order valence-electron chi connectivity index (χ3n) is 6.84. The Hall–Kier alpha value is -5.20. The van der Waals surface area contributed by atoms with Crippen molar-refractivity contribution >= 4 is 35.4 Å². The van der Waals surface area contributed by atoms with Crippen LogP contribution in [0.1, 0.15) is 91.2 Å². The number of carboxylic acid groups (broad SMARTS) is 1. The fourth-order valence-electron chi connectivity index (χ4n) is 4.50. The first-order chi connectivity index (χ1) is 25.4. The zero-order valence-electron chi connectivity index (χ0n) is 32.4. The summed E-state index contributed by atoms with van der Waals surface area (Å²) in [6.07, 6.45) is 4.20. The van der Waals surface area contributed by atoms with Gasteiger partial charge in [-0.15, -0.1) is 13.2 Å². The first kappa shape index (κ1) is 48.8. The van der Waals surface area contributed by atoms with Gasteiger partial charge in [0, 0.05) is 36.8 Å². The number of aliphatic imine (C=N–C) groups is 1. The predicted molar refractivity (Wildman–Crippen MR) is 207 cm³/mol. The Bertz CT molecular complexity index is 1450. The number of rotatable bonds is 20. The SMILES string of the molecule is C=CCCC(=O)NC(CC(C)(C)F)C(=O)O.C=CCCC(=O)NC(CC(C)(C)F)C(=O)OCC.CCOC(=O)CN=C(c1ccccc1)c1ccccc1. The van der Waals surface area contributed by atoms with Crippen molar-refractivity contribution in [3.63, 3.8) is 0 Å². The van der Waals surface area contributed by atoms with Gasteiger partial charge in [0.05, 0.1) is 18.9 Å². The zero-order valence-corrected chi connectivity index (χ0v) is 32.4. The summed E-state index contributed by atoms with van der Waals surface area (Å²) in [6, 6.07) is 17.5. The average Bonchev–Trinajstić information content (AvgIpc) is 3.10. The molecule has 0 spiro atoms. The number of hydrogen-bond donors (Lipinski definition) is 3. The Labute approximate surface area is 318 Å². The van der Waals surface area contributed by atoms with Gasteiger partial charge in [-0.1, -0.05) is 72.8 Å². The largest absolute Gasteiger partial charge is 0.480 e. The molecule has 2 atom stereocenters. The van der Waals surface area contributed by atoms with Gasteiger partial charge in [0.25, 0.3) is 0 Å². The molecule has 0 aliphatic heterocycles. The molecular weight excluding hydrogens is 700 g/mol. The smallest absolute Gasteiger partial charge is 0.328 e. The zero-order chi connectivity index (χ0) is 41.2. The molecule has 2 amide bonds. The van der Waals surface area contributed by atoms with Crippen molar-refractivity contribution in [3.8, 4) is 0 Å². The van der Waals surface area contributed by atoms with Crippen molar-refractivity contribution in [3.05, 3.63) is 97.1 Å². The maximum atomic E-state index is 13.6. The van der Waals surface area contributed by atoms with E-state index in [2.05, 4.69) is 28.8 Å². The number of allylic oxidation sites excluding steroid dienone is 2. The average molecular weight is 758 g/mol. The van der Waals surface area contributed by atoms with E-state index in [0.29, 0.717) is 19.4 Å². The Morgan fingerprint density at radius 2 is 1.15 bits per heavy atom. The number of amides is 2. The molecular formula is C41H57F2N3O8. The summed E-state index contributed by atoms with van der Waals surface area (Å²) >= 11 is 0. The molecule has 0 bridgehead atoms. The lowest BCUT2D eigenvalue weighted by Crippen LogP contribution is -2.45. The fourth-order valence-corrected chi connectivity index (χ4v) is 4.50. The molecule has 0 aliphatic rings. The van der Waals surface area contributed by atoms with E-state index in [1.165, 1.54) is 27.7 Å². The molecule has 0 saturated carbocycles. The van der Waals surface area contributed by atoms with E-state index in [9.17, 15) is 32.8 Å². The second-order valence-electron chi connectivity index (χ2n) is 13.0. The molecule has 11 nitrogen and oxygen atoms in total. The van der Waals surface area contributed by atoms with E-state index in [-0.39, 0.29) is 50.7 Å². The van der Waals surface area contributed by atoms with Gasteiger partial charge in [-0.3, -0.25) is 19.4 Å². The van der Waals surface area contributed by atoms with Crippen molar-refractivity contribution in [1.82, 2.24) is 10.6 Å². The van der Waals surface area contributed by atoms with Crippen LogP contribution in [0.4, 0.5) is 8.78 Å². The number of carboxylic acids is 1. The molecule has 2 rings (SSSR count). The Morgan fingerprint density at radius 1 is 0.741 bits per heavy atom. The van der Waals surface area contributed by atoms with E-state index in [1.54, 1.807) is 26.0 Å². The Morgan fingerprint density at radius 3 is 1.52 bits per heavy atom. The van der Waals surface area contributed by atoms with Crippen molar-refractivity contribution in [1.29, 1.82) is 0 Å². The van der Waals surface area contributed by atoms with Crippen LogP contribution in [0.15, 0.2) is 91.0 Å². The summed E-state index contributed by atoms with van der Waals surface area (Å²) in [5, 5.41) is 13.6. The molecule has 2 aromatic rings. The second-order valence-corrected chi connectivity index (χ2v) is 13.0. The third kappa shape index (κ3) is 24.1. The molecule has 13 heteroatoms. The van der Waals surface area contributed by atoms with Crippen LogP contribution in [0.25, 0.3) is 0 Å². The van der Waals surface area contributed by atoms with Crippen LogP contribution >= 0.6 is 0 Å².